The van der Waals surface area contributed by atoms with Gasteiger partial charge in [-0.15, -0.1) is 0 Å². The highest BCUT2D eigenvalue weighted by atomic mass is 32.2. The average Bonchev–Trinajstić information content (AvgIpc) is 2.73. The lowest BCUT2D eigenvalue weighted by Gasteiger charge is -2.26. The number of hydrogen-bond donors (Lipinski definition) is 2. The first-order valence-corrected chi connectivity index (χ1v) is 7.30. The number of aliphatic hydroxyl groups is 1. The molecule has 1 aliphatic carbocycles. The minimum atomic E-state index is -0.383. The Hall–Kier alpha value is -0.220. The van der Waals surface area contributed by atoms with Crippen LogP contribution in [-0.4, -0.2) is 34.7 Å². The second-order valence-electron chi connectivity index (χ2n) is 4.76. The smallest absolute Gasteiger partial charge is 0.220 e. The Balaban J connectivity index is 2.24. The van der Waals surface area contributed by atoms with Crippen molar-refractivity contribution in [3.63, 3.8) is 0 Å². The SMILES string of the molecule is CSC1(CNC(=O)CCC(C)O)CCCC1. The molecule has 0 heterocycles. The summed E-state index contributed by atoms with van der Waals surface area (Å²) in [5.41, 5.74) is 0. The number of carbonyl (C=O) groups is 1. The Bertz CT molecular complexity index is 225. The van der Waals surface area contributed by atoms with Gasteiger partial charge >= 0.3 is 0 Å². The molecule has 0 saturated heterocycles. The van der Waals surface area contributed by atoms with Crippen LogP contribution in [0.2, 0.25) is 0 Å². The maximum atomic E-state index is 11.5. The molecule has 1 fully saturated rings. The Morgan fingerprint density at radius 2 is 2.12 bits per heavy atom. The van der Waals surface area contributed by atoms with Crippen molar-refractivity contribution in [1.29, 1.82) is 0 Å². The molecule has 94 valence electrons. The van der Waals surface area contributed by atoms with E-state index in [0.717, 1.165) is 6.54 Å². The van der Waals surface area contributed by atoms with Crippen LogP contribution < -0.4 is 5.32 Å². The molecule has 1 atom stereocenters. The van der Waals surface area contributed by atoms with E-state index < -0.39 is 0 Å². The topological polar surface area (TPSA) is 49.3 Å². The predicted octanol–water partition coefficient (Wildman–Crippen LogP) is 1.94. The van der Waals surface area contributed by atoms with Gasteiger partial charge in [-0.2, -0.15) is 11.8 Å². The molecule has 16 heavy (non-hydrogen) atoms. The van der Waals surface area contributed by atoms with Crippen LogP contribution in [0.15, 0.2) is 0 Å². The normalized spacial score (nSPS) is 20.7. The molecule has 0 aromatic carbocycles. The molecular weight excluding hydrogens is 222 g/mol. The van der Waals surface area contributed by atoms with E-state index in [1.54, 1.807) is 6.92 Å². The van der Waals surface area contributed by atoms with Crippen molar-refractivity contribution in [3.8, 4) is 0 Å². The first-order valence-electron chi connectivity index (χ1n) is 6.08. The van der Waals surface area contributed by atoms with Gasteiger partial charge in [0.15, 0.2) is 0 Å². The van der Waals surface area contributed by atoms with Crippen molar-refractivity contribution in [2.75, 3.05) is 12.8 Å². The predicted molar refractivity (Wildman–Crippen MR) is 68.6 cm³/mol. The zero-order chi connectivity index (χ0) is 12.0. The molecule has 1 saturated carbocycles. The van der Waals surface area contributed by atoms with Gasteiger partial charge in [0.2, 0.25) is 5.91 Å². The molecule has 0 aliphatic heterocycles. The highest BCUT2D eigenvalue weighted by Crippen LogP contribution is 2.39. The van der Waals surface area contributed by atoms with Crippen LogP contribution in [0.1, 0.15) is 45.4 Å². The van der Waals surface area contributed by atoms with E-state index in [2.05, 4.69) is 11.6 Å². The molecule has 1 unspecified atom stereocenters. The molecule has 1 aliphatic rings. The molecule has 1 amide bonds. The first-order chi connectivity index (χ1) is 7.58. The maximum absolute atomic E-state index is 11.5. The van der Waals surface area contributed by atoms with Gasteiger partial charge in [0.25, 0.3) is 0 Å². The maximum Gasteiger partial charge on any atom is 0.220 e. The largest absolute Gasteiger partial charge is 0.393 e. The molecule has 0 aromatic rings. The number of carbonyl (C=O) groups excluding carboxylic acids is 1. The van der Waals surface area contributed by atoms with Gasteiger partial charge in [0.05, 0.1) is 6.10 Å². The summed E-state index contributed by atoms with van der Waals surface area (Å²) in [7, 11) is 0. The van der Waals surface area contributed by atoms with Crippen LogP contribution >= 0.6 is 11.8 Å². The van der Waals surface area contributed by atoms with E-state index in [9.17, 15) is 4.79 Å². The summed E-state index contributed by atoms with van der Waals surface area (Å²) in [6.07, 6.45) is 7.73. The van der Waals surface area contributed by atoms with Crippen molar-refractivity contribution >= 4 is 17.7 Å². The van der Waals surface area contributed by atoms with E-state index in [1.165, 1.54) is 25.7 Å². The minimum absolute atomic E-state index is 0.0706. The summed E-state index contributed by atoms with van der Waals surface area (Å²) in [4.78, 5) is 11.5. The Morgan fingerprint density at radius 1 is 1.50 bits per heavy atom. The monoisotopic (exact) mass is 245 g/mol. The average molecular weight is 245 g/mol. The van der Waals surface area contributed by atoms with Crippen LogP contribution in [0.3, 0.4) is 0 Å². The standard InChI is InChI=1S/C12H23NO2S/c1-10(14)5-6-11(15)13-9-12(16-2)7-3-4-8-12/h10,14H,3-9H2,1-2H3,(H,13,15). The summed E-state index contributed by atoms with van der Waals surface area (Å²) in [6.45, 7) is 2.50. The lowest BCUT2D eigenvalue weighted by molar-refractivity contribution is -0.121. The van der Waals surface area contributed by atoms with Crippen LogP contribution in [0, 0.1) is 0 Å². The zero-order valence-electron chi connectivity index (χ0n) is 10.3. The number of nitrogens with one attached hydrogen (secondary N) is 1. The van der Waals surface area contributed by atoms with Gasteiger partial charge in [0.1, 0.15) is 0 Å². The van der Waals surface area contributed by atoms with Gasteiger partial charge < -0.3 is 10.4 Å². The van der Waals surface area contributed by atoms with Crippen molar-refractivity contribution in [1.82, 2.24) is 5.32 Å². The Morgan fingerprint density at radius 3 is 2.62 bits per heavy atom. The van der Waals surface area contributed by atoms with Crippen molar-refractivity contribution in [2.24, 2.45) is 0 Å². The lowest BCUT2D eigenvalue weighted by atomic mass is 10.1. The van der Waals surface area contributed by atoms with E-state index >= 15 is 0 Å². The summed E-state index contributed by atoms with van der Waals surface area (Å²) in [6, 6.07) is 0. The quantitative estimate of drug-likeness (QED) is 0.752. The van der Waals surface area contributed by atoms with Gasteiger partial charge in [-0.05, 0) is 32.4 Å². The van der Waals surface area contributed by atoms with Crippen LogP contribution in [0.5, 0.6) is 0 Å². The third kappa shape index (κ3) is 4.34. The van der Waals surface area contributed by atoms with Crippen molar-refractivity contribution in [3.05, 3.63) is 0 Å². The lowest BCUT2D eigenvalue weighted by Crippen LogP contribution is -2.38. The van der Waals surface area contributed by atoms with Crippen LogP contribution in [-0.2, 0) is 4.79 Å². The minimum Gasteiger partial charge on any atom is -0.393 e. The molecule has 0 spiro atoms. The Labute approximate surface area is 102 Å². The highest BCUT2D eigenvalue weighted by molar-refractivity contribution is 8.00. The number of hydrogen-bond acceptors (Lipinski definition) is 3. The molecular formula is C12H23NO2S. The molecule has 0 aromatic heterocycles. The first kappa shape index (κ1) is 13.8. The van der Waals surface area contributed by atoms with E-state index in [-0.39, 0.29) is 16.8 Å². The van der Waals surface area contributed by atoms with Gasteiger partial charge in [-0.3, -0.25) is 4.79 Å². The Kier molecular flexibility index (Phi) is 5.62. The van der Waals surface area contributed by atoms with Crippen LogP contribution in [0.25, 0.3) is 0 Å². The molecule has 3 nitrogen and oxygen atoms in total. The third-order valence-electron chi connectivity index (χ3n) is 3.34. The molecule has 0 radical (unpaired) electrons. The van der Waals surface area contributed by atoms with Gasteiger partial charge in [-0.25, -0.2) is 0 Å². The van der Waals surface area contributed by atoms with Crippen LogP contribution in [0.4, 0.5) is 0 Å². The fourth-order valence-corrected chi connectivity index (χ4v) is 3.07. The molecule has 1 rings (SSSR count). The van der Waals surface area contributed by atoms with Crippen molar-refractivity contribution < 1.29 is 9.90 Å². The number of amides is 1. The number of thioether (sulfide) groups is 1. The summed E-state index contributed by atoms with van der Waals surface area (Å²) < 4.78 is 0.278. The third-order valence-corrected chi connectivity index (χ3v) is 4.76. The fourth-order valence-electron chi connectivity index (χ4n) is 2.16. The summed E-state index contributed by atoms with van der Waals surface area (Å²) in [5.74, 6) is 0.0706. The second kappa shape index (κ2) is 6.50. The molecule has 2 N–H and O–H groups in total. The highest BCUT2D eigenvalue weighted by Gasteiger charge is 2.32. The summed E-state index contributed by atoms with van der Waals surface area (Å²) >= 11 is 1.88. The molecule has 4 heteroatoms. The second-order valence-corrected chi connectivity index (χ2v) is 6.03. The summed E-state index contributed by atoms with van der Waals surface area (Å²) in [5, 5.41) is 12.1. The zero-order valence-corrected chi connectivity index (χ0v) is 11.1. The van der Waals surface area contributed by atoms with E-state index in [4.69, 9.17) is 5.11 Å². The fraction of sp³-hybridized carbons (Fsp3) is 0.917. The van der Waals surface area contributed by atoms with Crippen molar-refractivity contribution in [2.45, 2.75) is 56.3 Å². The van der Waals surface area contributed by atoms with E-state index in [1.807, 2.05) is 11.8 Å². The molecule has 0 bridgehead atoms. The van der Waals surface area contributed by atoms with Gasteiger partial charge in [0, 0.05) is 17.7 Å². The number of rotatable bonds is 6. The van der Waals surface area contributed by atoms with Gasteiger partial charge in [-0.1, -0.05) is 12.8 Å². The number of aliphatic hydroxyl groups excluding tert-OH is 1. The van der Waals surface area contributed by atoms with E-state index in [0.29, 0.717) is 12.8 Å².